The predicted molar refractivity (Wildman–Crippen MR) is 102 cm³/mol. The lowest BCUT2D eigenvalue weighted by atomic mass is 9.82. The zero-order valence-corrected chi connectivity index (χ0v) is 15.4. The number of amides is 2. The molecule has 2 aromatic rings. The number of carbonyl (C=O) groups is 2. The van der Waals surface area contributed by atoms with Crippen LogP contribution in [0.15, 0.2) is 24.3 Å². The molecular formula is C21H25N3O3. The summed E-state index contributed by atoms with van der Waals surface area (Å²) in [5.74, 6) is -0.135. The highest BCUT2D eigenvalue weighted by atomic mass is 16.3. The van der Waals surface area contributed by atoms with E-state index in [4.69, 9.17) is 5.73 Å². The van der Waals surface area contributed by atoms with Crippen LogP contribution in [0.5, 0.6) is 0 Å². The lowest BCUT2D eigenvalue weighted by Gasteiger charge is -2.24. The van der Waals surface area contributed by atoms with Crippen LogP contribution in [0, 0.1) is 0 Å². The zero-order valence-electron chi connectivity index (χ0n) is 15.4. The molecule has 6 nitrogen and oxygen atoms in total. The zero-order chi connectivity index (χ0) is 19.0. The first-order chi connectivity index (χ1) is 13.0. The molecule has 0 radical (unpaired) electrons. The molecule has 1 saturated heterocycles. The van der Waals surface area contributed by atoms with Gasteiger partial charge < -0.3 is 15.7 Å². The SMILES string of the molecule is NC(=O)c1cc(C2CCCCC2)c2ccc(CN3C(=O)CCC3O)cc2n1. The van der Waals surface area contributed by atoms with Gasteiger partial charge in [-0.1, -0.05) is 31.4 Å². The van der Waals surface area contributed by atoms with E-state index in [2.05, 4.69) is 4.98 Å². The van der Waals surface area contributed by atoms with Gasteiger partial charge in [-0.2, -0.15) is 0 Å². The van der Waals surface area contributed by atoms with Gasteiger partial charge in [0.25, 0.3) is 5.91 Å². The maximum Gasteiger partial charge on any atom is 0.267 e. The van der Waals surface area contributed by atoms with E-state index >= 15 is 0 Å². The number of pyridine rings is 1. The first-order valence-electron chi connectivity index (χ1n) is 9.74. The molecule has 1 unspecified atom stereocenters. The Morgan fingerprint density at radius 1 is 1.19 bits per heavy atom. The van der Waals surface area contributed by atoms with Crippen LogP contribution in [-0.4, -0.2) is 33.0 Å². The number of likely N-dealkylation sites (tertiary alicyclic amines) is 1. The molecule has 4 rings (SSSR count). The molecule has 2 heterocycles. The lowest BCUT2D eigenvalue weighted by molar-refractivity contribution is -0.134. The van der Waals surface area contributed by atoms with Crippen molar-refractivity contribution < 1.29 is 14.7 Å². The average Bonchev–Trinajstić information content (AvgIpc) is 2.99. The fraction of sp³-hybridized carbons (Fsp3) is 0.476. The predicted octanol–water partition coefficient (Wildman–Crippen LogP) is 2.82. The highest BCUT2D eigenvalue weighted by Crippen LogP contribution is 2.36. The number of carbonyl (C=O) groups excluding carboxylic acids is 2. The van der Waals surface area contributed by atoms with Gasteiger partial charge in [0.15, 0.2) is 0 Å². The molecular weight excluding hydrogens is 342 g/mol. The van der Waals surface area contributed by atoms with Gasteiger partial charge in [0, 0.05) is 24.8 Å². The third-order valence-corrected chi connectivity index (χ3v) is 5.85. The van der Waals surface area contributed by atoms with E-state index < -0.39 is 12.1 Å². The first kappa shape index (κ1) is 17.9. The molecule has 27 heavy (non-hydrogen) atoms. The Morgan fingerprint density at radius 2 is 1.96 bits per heavy atom. The van der Waals surface area contributed by atoms with Crippen molar-refractivity contribution in [3.8, 4) is 0 Å². The number of primary amides is 1. The van der Waals surface area contributed by atoms with Gasteiger partial charge in [0.05, 0.1) is 5.52 Å². The Bertz CT molecular complexity index is 890. The second-order valence-electron chi connectivity index (χ2n) is 7.69. The van der Waals surface area contributed by atoms with E-state index in [0.717, 1.165) is 34.9 Å². The summed E-state index contributed by atoms with van der Waals surface area (Å²) in [7, 11) is 0. The van der Waals surface area contributed by atoms with Crippen LogP contribution in [0.1, 0.15) is 72.5 Å². The van der Waals surface area contributed by atoms with Gasteiger partial charge in [-0.3, -0.25) is 9.59 Å². The molecule has 1 aromatic heterocycles. The number of benzene rings is 1. The molecule has 2 amide bonds. The Labute approximate surface area is 158 Å². The highest BCUT2D eigenvalue weighted by Gasteiger charge is 2.29. The van der Waals surface area contributed by atoms with Crippen LogP contribution in [-0.2, 0) is 11.3 Å². The molecule has 1 saturated carbocycles. The van der Waals surface area contributed by atoms with Crippen LogP contribution < -0.4 is 5.73 Å². The van der Waals surface area contributed by atoms with Gasteiger partial charge in [-0.25, -0.2) is 4.98 Å². The van der Waals surface area contributed by atoms with Crippen LogP contribution >= 0.6 is 0 Å². The second kappa shape index (κ2) is 7.27. The molecule has 142 valence electrons. The van der Waals surface area contributed by atoms with Crippen molar-refractivity contribution in [3.63, 3.8) is 0 Å². The Kier molecular flexibility index (Phi) is 4.83. The van der Waals surface area contributed by atoms with Gasteiger partial charge in [0.1, 0.15) is 11.9 Å². The van der Waals surface area contributed by atoms with Crippen molar-refractivity contribution in [1.82, 2.24) is 9.88 Å². The fourth-order valence-electron chi connectivity index (χ4n) is 4.39. The quantitative estimate of drug-likeness (QED) is 0.868. The third-order valence-electron chi connectivity index (χ3n) is 5.85. The van der Waals surface area contributed by atoms with Crippen LogP contribution in [0.25, 0.3) is 10.9 Å². The molecule has 0 spiro atoms. The van der Waals surface area contributed by atoms with E-state index in [1.54, 1.807) is 0 Å². The standard InChI is InChI=1S/C21H25N3O3/c22-21(27)18-11-16(14-4-2-1-3-5-14)15-7-6-13(10-17(15)23-18)12-24-19(25)8-9-20(24)26/h6-7,10-11,14,19,25H,1-5,8-9,12H2,(H2,22,27). The molecule has 1 aliphatic heterocycles. The maximum absolute atomic E-state index is 11.9. The summed E-state index contributed by atoms with van der Waals surface area (Å²) in [6, 6.07) is 7.78. The monoisotopic (exact) mass is 367 g/mol. The summed E-state index contributed by atoms with van der Waals surface area (Å²) in [6.45, 7) is 0.344. The molecule has 2 fully saturated rings. The molecule has 1 atom stereocenters. The van der Waals surface area contributed by atoms with Crippen molar-refractivity contribution >= 4 is 22.7 Å². The van der Waals surface area contributed by atoms with E-state index in [1.807, 2.05) is 24.3 Å². The summed E-state index contributed by atoms with van der Waals surface area (Å²) >= 11 is 0. The number of aromatic nitrogens is 1. The number of hydrogen-bond acceptors (Lipinski definition) is 4. The largest absolute Gasteiger partial charge is 0.373 e. The normalized spacial score (nSPS) is 21.1. The molecule has 1 aromatic carbocycles. The van der Waals surface area contributed by atoms with Crippen LogP contribution in [0.3, 0.4) is 0 Å². The smallest absolute Gasteiger partial charge is 0.267 e. The maximum atomic E-state index is 11.9. The lowest BCUT2D eigenvalue weighted by Crippen LogP contribution is -2.32. The average molecular weight is 367 g/mol. The van der Waals surface area contributed by atoms with Gasteiger partial charge >= 0.3 is 0 Å². The van der Waals surface area contributed by atoms with Gasteiger partial charge in [-0.15, -0.1) is 0 Å². The first-order valence-corrected chi connectivity index (χ1v) is 9.74. The summed E-state index contributed by atoms with van der Waals surface area (Å²) in [4.78, 5) is 29.7. The Morgan fingerprint density at radius 3 is 2.63 bits per heavy atom. The summed E-state index contributed by atoms with van der Waals surface area (Å²) in [6.07, 6.45) is 6.03. The summed E-state index contributed by atoms with van der Waals surface area (Å²) in [5.41, 5.74) is 8.58. The van der Waals surface area contributed by atoms with Crippen molar-refractivity contribution in [3.05, 3.63) is 41.1 Å². The van der Waals surface area contributed by atoms with Crippen molar-refractivity contribution in [2.45, 2.75) is 63.6 Å². The second-order valence-corrected chi connectivity index (χ2v) is 7.69. The topological polar surface area (TPSA) is 96.5 Å². The molecule has 0 bridgehead atoms. The number of aliphatic hydroxyl groups excluding tert-OH is 1. The van der Waals surface area contributed by atoms with Crippen LogP contribution in [0.4, 0.5) is 0 Å². The van der Waals surface area contributed by atoms with E-state index in [9.17, 15) is 14.7 Å². The minimum atomic E-state index is -0.726. The number of hydrogen-bond donors (Lipinski definition) is 2. The number of nitrogens with two attached hydrogens (primary N) is 1. The van der Waals surface area contributed by atoms with Crippen molar-refractivity contribution in [1.29, 1.82) is 0 Å². The Balaban J connectivity index is 1.73. The van der Waals surface area contributed by atoms with E-state index in [-0.39, 0.29) is 11.6 Å². The minimum absolute atomic E-state index is 0.0377. The molecule has 1 aliphatic carbocycles. The number of nitrogens with zero attached hydrogens (tertiary/aromatic N) is 2. The Hall–Kier alpha value is -2.47. The third kappa shape index (κ3) is 3.54. The summed E-state index contributed by atoms with van der Waals surface area (Å²) in [5, 5.41) is 11.0. The number of fused-ring (bicyclic) bond motifs is 1. The van der Waals surface area contributed by atoms with E-state index in [0.29, 0.717) is 25.3 Å². The molecule has 6 heteroatoms. The molecule has 2 aliphatic rings. The van der Waals surface area contributed by atoms with Crippen LogP contribution in [0.2, 0.25) is 0 Å². The van der Waals surface area contributed by atoms with Crippen molar-refractivity contribution in [2.24, 2.45) is 5.73 Å². The van der Waals surface area contributed by atoms with E-state index in [1.165, 1.54) is 24.2 Å². The highest BCUT2D eigenvalue weighted by molar-refractivity contribution is 5.95. The molecule has 3 N–H and O–H groups in total. The number of aliphatic hydroxyl groups is 1. The summed E-state index contributed by atoms with van der Waals surface area (Å²) < 4.78 is 0. The van der Waals surface area contributed by atoms with Gasteiger partial charge in [0.2, 0.25) is 5.91 Å². The van der Waals surface area contributed by atoms with Gasteiger partial charge in [-0.05, 0) is 42.0 Å². The minimum Gasteiger partial charge on any atom is -0.373 e. The number of rotatable bonds is 4. The van der Waals surface area contributed by atoms with Crippen molar-refractivity contribution in [2.75, 3.05) is 0 Å². The fourth-order valence-corrected chi connectivity index (χ4v) is 4.39.